The van der Waals surface area contributed by atoms with Crippen LogP contribution in [0, 0.1) is 6.92 Å². The number of anilines is 2. The molecule has 0 aliphatic carbocycles. The van der Waals surface area contributed by atoms with Gasteiger partial charge in [-0.15, -0.1) is 0 Å². The van der Waals surface area contributed by atoms with Gasteiger partial charge in [-0.25, -0.2) is 9.97 Å². The van der Waals surface area contributed by atoms with Crippen molar-refractivity contribution in [3.05, 3.63) is 84.2 Å². The van der Waals surface area contributed by atoms with E-state index in [4.69, 9.17) is 10.5 Å². The van der Waals surface area contributed by atoms with Crippen LogP contribution in [0.2, 0.25) is 0 Å². The van der Waals surface area contributed by atoms with Crippen molar-refractivity contribution in [2.75, 3.05) is 17.6 Å². The highest BCUT2D eigenvalue weighted by molar-refractivity contribution is 5.91. The number of nitrogens with two attached hydrogens (primary N) is 1. The Bertz CT molecular complexity index is 1090. The van der Waals surface area contributed by atoms with Gasteiger partial charge >= 0.3 is 0 Å². The van der Waals surface area contributed by atoms with Gasteiger partial charge in [-0.2, -0.15) is 0 Å². The number of nitrogen functional groups attached to an aromatic ring is 1. The molecule has 0 bridgehead atoms. The van der Waals surface area contributed by atoms with Crippen LogP contribution in [0.4, 0.5) is 11.5 Å². The van der Waals surface area contributed by atoms with Crippen LogP contribution in [0.3, 0.4) is 0 Å². The third-order valence-electron chi connectivity index (χ3n) is 4.51. The lowest BCUT2D eigenvalue weighted by molar-refractivity contribution is 0.482. The Morgan fingerprint density at radius 1 is 0.929 bits per heavy atom. The van der Waals surface area contributed by atoms with Gasteiger partial charge in [-0.05, 0) is 66.9 Å². The minimum atomic E-state index is 0.703. The standard InChI is InChI=1S/C23H22N4O/c1-16-3-2-4-20(13-16)28-19-8-5-17(6-9-19)11-12-25-23-21-14-18(24)7-10-22(21)26-15-27-23/h2-10,13-15H,11-12,24H2,1H3,(H,25,26,27). The van der Waals surface area contributed by atoms with E-state index in [2.05, 4.69) is 40.4 Å². The predicted molar refractivity (Wildman–Crippen MR) is 114 cm³/mol. The summed E-state index contributed by atoms with van der Waals surface area (Å²) in [5.41, 5.74) is 9.88. The van der Waals surface area contributed by atoms with E-state index in [9.17, 15) is 0 Å². The van der Waals surface area contributed by atoms with Crippen molar-refractivity contribution in [2.45, 2.75) is 13.3 Å². The van der Waals surface area contributed by atoms with Crippen molar-refractivity contribution in [3.8, 4) is 11.5 Å². The van der Waals surface area contributed by atoms with Crippen molar-refractivity contribution in [3.63, 3.8) is 0 Å². The number of hydrogen-bond donors (Lipinski definition) is 2. The first kappa shape index (κ1) is 17.8. The predicted octanol–water partition coefficient (Wildman–Crippen LogP) is 4.97. The van der Waals surface area contributed by atoms with E-state index >= 15 is 0 Å². The third kappa shape index (κ3) is 4.20. The molecule has 28 heavy (non-hydrogen) atoms. The molecule has 0 saturated carbocycles. The second kappa shape index (κ2) is 7.96. The summed E-state index contributed by atoms with van der Waals surface area (Å²) in [6.07, 6.45) is 2.44. The minimum Gasteiger partial charge on any atom is -0.457 e. The molecule has 0 saturated heterocycles. The zero-order chi connectivity index (χ0) is 19.3. The summed E-state index contributed by atoms with van der Waals surface area (Å²) in [5.74, 6) is 2.49. The van der Waals surface area contributed by atoms with Gasteiger partial charge in [0.25, 0.3) is 0 Å². The number of aromatic nitrogens is 2. The zero-order valence-electron chi connectivity index (χ0n) is 15.7. The summed E-state index contributed by atoms with van der Waals surface area (Å²) < 4.78 is 5.90. The van der Waals surface area contributed by atoms with Gasteiger partial charge in [0.05, 0.1) is 5.52 Å². The van der Waals surface area contributed by atoms with Gasteiger partial charge in [0, 0.05) is 17.6 Å². The summed E-state index contributed by atoms with van der Waals surface area (Å²) in [5, 5.41) is 4.32. The highest BCUT2D eigenvalue weighted by atomic mass is 16.5. The summed E-state index contributed by atoms with van der Waals surface area (Å²) in [6.45, 7) is 2.82. The SMILES string of the molecule is Cc1cccc(Oc2ccc(CCNc3ncnc4ccc(N)cc34)cc2)c1. The fraction of sp³-hybridized carbons (Fsp3) is 0.130. The van der Waals surface area contributed by atoms with Crippen LogP contribution in [0.25, 0.3) is 10.9 Å². The number of aryl methyl sites for hydroxylation is 1. The molecule has 140 valence electrons. The van der Waals surface area contributed by atoms with Gasteiger partial charge in [0.1, 0.15) is 23.6 Å². The number of nitrogens with zero attached hydrogens (tertiary/aromatic N) is 2. The number of nitrogens with one attached hydrogen (secondary N) is 1. The first-order chi connectivity index (χ1) is 13.7. The molecule has 5 heteroatoms. The molecule has 0 fully saturated rings. The van der Waals surface area contributed by atoms with Crippen LogP contribution < -0.4 is 15.8 Å². The summed E-state index contributed by atoms with van der Waals surface area (Å²) in [6, 6.07) is 21.9. The summed E-state index contributed by atoms with van der Waals surface area (Å²) in [4.78, 5) is 8.63. The molecule has 1 heterocycles. The number of rotatable bonds is 6. The molecule has 0 spiro atoms. The first-order valence-corrected chi connectivity index (χ1v) is 9.25. The average Bonchev–Trinajstić information content (AvgIpc) is 2.70. The highest BCUT2D eigenvalue weighted by Gasteiger charge is 2.04. The molecular weight excluding hydrogens is 348 g/mol. The lowest BCUT2D eigenvalue weighted by Crippen LogP contribution is -2.07. The molecule has 0 radical (unpaired) electrons. The molecule has 0 amide bonds. The summed E-state index contributed by atoms with van der Waals surface area (Å²) in [7, 11) is 0. The van der Waals surface area contributed by atoms with E-state index in [-0.39, 0.29) is 0 Å². The van der Waals surface area contributed by atoms with E-state index < -0.39 is 0 Å². The molecule has 0 atom stereocenters. The Kier molecular flexibility index (Phi) is 5.06. The first-order valence-electron chi connectivity index (χ1n) is 9.25. The van der Waals surface area contributed by atoms with Crippen molar-refractivity contribution in [1.82, 2.24) is 9.97 Å². The van der Waals surface area contributed by atoms with Crippen LogP contribution >= 0.6 is 0 Å². The fourth-order valence-corrected chi connectivity index (χ4v) is 3.08. The van der Waals surface area contributed by atoms with Gasteiger partial charge in [-0.1, -0.05) is 24.3 Å². The minimum absolute atomic E-state index is 0.703. The van der Waals surface area contributed by atoms with E-state index in [0.717, 1.165) is 41.2 Å². The van der Waals surface area contributed by atoms with Crippen molar-refractivity contribution < 1.29 is 4.74 Å². The molecule has 5 nitrogen and oxygen atoms in total. The second-order valence-corrected chi connectivity index (χ2v) is 6.74. The van der Waals surface area contributed by atoms with Crippen LogP contribution in [-0.4, -0.2) is 16.5 Å². The quantitative estimate of drug-likeness (QED) is 0.469. The molecule has 0 aliphatic rings. The fourth-order valence-electron chi connectivity index (χ4n) is 3.08. The van der Waals surface area contributed by atoms with Crippen molar-refractivity contribution >= 4 is 22.4 Å². The third-order valence-corrected chi connectivity index (χ3v) is 4.51. The van der Waals surface area contributed by atoms with E-state index in [1.807, 2.05) is 48.5 Å². The molecule has 1 aromatic heterocycles. The normalized spacial score (nSPS) is 10.8. The topological polar surface area (TPSA) is 73.1 Å². The van der Waals surface area contributed by atoms with Gasteiger partial charge in [-0.3, -0.25) is 0 Å². The largest absolute Gasteiger partial charge is 0.457 e. The monoisotopic (exact) mass is 370 g/mol. The summed E-state index contributed by atoms with van der Waals surface area (Å²) >= 11 is 0. The van der Waals surface area contributed by atoms with E-state index in [0.29, 0.717) is 5.69 Å². The smallest absolute Gasteiger partial charge is 0.137 e. The Morgan fingerprint density at radius 3 is 2.61 bits per heavy atom. The maximum absolute atomic E-state index is 5.90. The maximum Gasteiger partial charge on any atom is 0.137 e. The lowest BCUT2D eigenvalue weighted by Gasteiger charge is -2.10. The second-order valence-electron chi connectivity index (χ2n) is 6.74. The Hall–Kier alpha value is -3.60. The highest BCUT2D eigenvalue weighted by Crippen LogP contribution is 2.23. The molecule has 4 rings (SSSR count). The zero-order valence-corrected chi connectivity index (χ0v) is 15.7. The van der Waals surface area contributed by atoms with Crippen LogP contribution in [0.5, 0.6) is 11.5 Å². The number of benzene rings is 3. The average molecular weight is 370 g/mol. The number of hydrogen-bond acceptors (Lipinski definition) is 5. The molecular formula is C23H22N4O. The van der Waals surface area contributed by atoms with Crippen molar-refractivity contribution in [2.24, 2.45) is 0 Å². The van der Waals surface area contributed by atoms with E-state index in [1.165, 1.54) is 11.1 Å². The molecule has 3 aromatic carbocycles. The van der Waals surface area contributed by atoms with Crippen LogP contribution in [-0.2, 0) is 6.42 Å². The Labute approximate surface area is 164 Å². The van der Waals surface area contributed by atoms with Gasteiger partial charge in [0.15, 0.2) is 0 Å². The number of fused-ring (bicyclic) bond motifs is 1. The van der Waals surface area contributed by atoms with Crippen molar-refractivity contribution in [1.29, 1.82) is 0 Å². The molecule has 3 N–H and O–H groups in total. The Morgan fingerprint density at radius 2 is 1.79 bits per heavy atom. The number of ether oxygens (including phenoxy) is 1. The van der Waals surface area contributed by atoms with Gasteiger partial charge < -0.3 is 15.8 Å². The lowest BCUT2D eigenvalue weighted by atomic mass is 10.1. The molecule has 0 unspecified atom stereocenters. The molecule has 0 aliphatic heterocycles. The van der Waals surface area contributed by atoms with Gasteiger partial charge in [0.2, 0.25) is 0 Å². The van der Waals surface area contributed by atoms with Crippen LogP contribution in [0.15, 0.2) is 73.1 Å². The Balaban J connectivity index is 1.37. The van der Waals surface area contributed by atoms with E-state index in [1.54, 1.807) is 6.33 Å². The maximum atomic E-state index is 5.90. The molecule has 4 aromatic rings. The van der Waals surface area contributed by atoms with Crippen LogP contribution in [0.1, 0.15) is 11.1 Å².